The van der Waals surface area contributed by atoms with E-state index in [0.717, 1.165) is 5.57 Å². The first-order chi connectivity index (χ1) is 24.2. The molecule has 0 aromatic carbocycles. The normalized spacial score (nSPS) is 48.8. The van der Waals surface area contributed by atoms with E-state index >= 15 is 0 Å². The number of aliphatic hydroxyl groups is 2. The molecular formula is C38H63NO13. The Kier molecular flexibility index (Phi) is 12.1. The summed E-state index contributed by atoms with van der Waals surface area (Å²) >= 11 is 0. The van der Waals surface area contributed by atoms with Gasteiger partial charge in [0.2, 0.25) is 0 Å². The molecule has 5 rings (SSSR count). The minimum atomic E-state index is -1.32. The van der Waals surface area contributed by atoms with E-state index in [2.05, 4.69) is 0 Å². The van der Waals surface area contributed by atoms with Gasteiger partial charge in [0.15, 0.2) is 24.3 Å². The average molecular weight is 742 g/mol. The topological polar surface area (TPSA) is 161 Å². The molecule has 0 aromatic rings. The van der Waals surface area contributed by atoms with E-state index in [4.69, 9.17) is 42.6 Å². The Labute approximate surface area is 308 Å². The third-order valence-corrected chi connectivity index (χ3v) is 12.4. The Morgan fingerprint density at radius 2 is 1.62 bits per heavy atom. The van der Waals surface area contributed by atoms with Crippen molar-refractivity contribution in [1.29, 1.82) is 0 Å². The van der Waals surface area contributed by atoms with E-state index in [1.54, 1.807) is 27.7 Å². The first-order valence-corrected chi connectivity index (χ1v) is 18.9. The molecule has 0 unspecified atom stereocenters. The molecular weight excluding hydrogens is 678 g/mol. The zero-order valence-electron chi connectivity index (χ0n) is 33.2. The van der Waals surface area contributed by atoms with Crippen LogP contribution < -0.4 is 0 Å². The van der Waals surface area contributed by atoms with Crippen LogP contribution in [0.15, 0.2) is 11.3 Å². The van der Waals surface area contributed by atoms with Gasteiger partial charge >= 0.3 is 12.1 Å². The minimum Gasteiger partial charge on any atom is -0.488 e. The molecule has 0 aliphatic carbocycles. The zero-order valence-corrected chi connectivity index (χ0v) is 33.2. The van der Waals surface area contributed by atoms with E-state index in [1.165, 1.54) is 7.11 Å². The molecule has 0 aromatic heterocycles. The first-order valence-electron chi connectivity index (χ1n) is 18.9. The second-order valence-electron chi connectivity index (χ2n) is 16.7. The lowest BCUT2D eigenvalue weighted by molar-refractivity contribution is -0.316. The van der Waals surface area contributed by atoms with Gasteiger partial charge in [0.1, 0.15) is 35.8 Å². The lowest BCUT2D eigenvalue weighted by Crippen LogP contribution is -2.60. The second kappa shape index (κ2) is 15.2. The van der Waals surface area contributed by atoms with Crippen LogP contribution in [0.2, 0.25) is 0 Å². The quantitative estimate of drug-likeness (QED) is 0.360. The summed E-state index contributed by atoms with van der Waals surface area (Å²) in [6, 6.07) is -0.233. The highest BCUT2D eigenvalue weighted by molar-refractivity contribution is 5.73. The summed E-state index contributed by atoms with van der Waals surface area (Å²) in [5.74, 6) is -1.92. The van der Waals surface area contributed by atoms with Gasteiger partial charge in [-0.2, -0.15) is 0 Å². The number of esters is 1. The molecule has 2 N–H and O–H groups in total. The van der Waals surface area contributed by atoms with Crippen molar-refractivity contribution in [2.45, 2.75) is 179 Å². The number of carbonyl (C=O) groups excluding carboxylic acids is 2. The number of nitrogens with zero attached hydrogens (tertiary/aromatic N) is 1. The molecule has 14 nitrogen and oxygen atoms in total. The summed E-state index contributed by atoms with van der Waals surface area (Å²) in [5.41, 5.74) is -2.42. The van der Waals surface area contributed by atoms with Crippen LogP contribution >= 0.6 is 0 Å². The predicted octanol–water partition coefficient (Wildman–Crippen LogP) is 4.07. The third kappa shape index (κ3) is 7.47. The molecule has 298 valence electrons. The fourth-order valence-corrected chi connectivity index (χ4v) is 9.35. The molecule has 5 heterocycles. The molecule has 4 fully saturated rings. The van der Waals surface area contributed by atoms with Crippen molar-refractivity contribution in [3.05, 3.63) is 11.3 Å². The van der Waals surface area contributed by atoms with Crippen molar-refractivity contribution < 1.29 is 62.4 Å². The van der Waals surface area contributed by atoms with Crippen LogP contribution in [-0.2, 0) is 47.4 Å². The highest BCUT2D eigenvalue weighted by atomic mass is 16.8. The second-order valence-corrected chi connectivity index (χ2v) is 16.7. The molecule has 0 amide bonds. The Hall–Kier alpha value is -2.04. The van der Waals surface area contributed by atoms with Gasteiger partial charge in [-0.05, 0) is 81.0 Å². The number of fused-ring (bicyclic) bond motifs is 3. The number of methoxy groups -OCH3 is 1. The van der Waals surface area contributed by atoms with E-state index in [0.29, 0.717) is 25.0 Å². The maximum Gasteiger partial charge on any atom is 0.509 e. The molecule has 4 saturated heterocycles. The molecule has 0 spiro atoms. The Morgan fingerprint density at radius 1 is 0.942 bits per heavy atom. The number of aliphatic hydroxyl groups excluding tert-OH is 2. The first kappa shape index (κ1) is 41.1. The van der Waals surface area contributed by atoms with Crippen LogP contribution in [0.3, 0.4) is 0 Å². The summed E-state index contributed by atoms with van der Waals surface area (Å²) in [6.45, 7) is 18.6. The fourth-order valence-electron chi connectivity index (χ4n) is 9.35. The van der Waals surface area contributed by atoms with Crippen molar-refractivity contribution in [3.8, 4) is 0 Å². The van der Waals surface area contributed by atoms with Crippen LogP contribution in [0.4, 0.5) is 4.79 Å². The zero-order chi connectivity index (χ0) is 38.7. The van der Waals surface area contributed by atoms with Gasteiger partial charge in [-0.1, -0.05) is 20.8 Å². The maximum atomic E-state index is 14.3. The highest BCUT2D eigenvalue weighted by Gasteiger charge is 2.61. The number of carbonyl (C=O) groups is 2. The van der Waals surface area contributed by atoms with Gasteiger partial charge in [0.25, 0.3) is 0 Å². The van der Waals surface area contributed by atoms with E-state index in [-0.39, 0.29) is 18.6 Å². The monoisotopic (exact) mass is 741 g/mol. The van der Waals surface area contributed by atoms with Crippen molar-refractivity contribution in [2.75, 3.05) is 21.2 Å². The van der Waals surface area contributed by atoms with Crippen molar-refractivity contribution in [3.63, 3.8) is 0 Å². The third-order valence-electron chi connectivity index (χ3n) is 12.4. The number of rotatable bonds is 7. The Morgan fingerprint density at radius 3 is 2.23 bits per heavy atom. The number of hydrogen-bond acceptors (Lipinski definition) is 14. The van der Waals surface area contributed by atoms with Crippen molar-refractivity contribution in [2.24, 2.45) is 17.8 Å². The van der Waals surface area contributed by atoms with E-state index in [9.17, 15) is 19.8 Å². The molecule has 52 heavy (non-hydrogen) atoms. The lowest BCUT2D eigenvalue weighted by Gasteiger charge is -2.48. The minimum absolute atomic E-state index is 0.179. The summed E-state index contributed by atoms with van der Waals surface area (Å²) in [6.07, 6.45) is -7.35. The van der Waals surface area contributed by atoms with Gasteiger partial charge in [-0.3, -0.25) is 4.79 Å². The number of likely N-dealkylation sites (N-methyl/N-ethyl adjacent to an activating group) is 1. The van der Waals surface area contributed by atoms with Gasteiger partial charge < -0.3 is 57.7 Å². The largest absolute Gasteiger partial charge is 0.509 e. The van der Waals surface area contributed by atoms with E-state index in [1.807, 2.05) is 60.5 Å². The van der Waals surface area contributed by atoms with Gasteiger partial charge in [0, 0.05) is 31.9 Å². The van der Waals surface area contributed by atoms with Crippen LogP contribution in [0.25, 0.3) is 0 Å². The SMILES string of the molecule is CC[C@H]1OC(=O)[C@H](C)[C@@H](O[C@H]2C[C@@](C)(OC)[C@@H](O)[C@H](C)O2)[C@H](C)[C@@H](O[C@@H]2O[C@H](C)C[C@H](N(C)C)[C@H]2O)[C@@]2(C)CC(C)=C(O2)[C@H](C)[C@@H]2OC(=O)O[C@@]12C. The van der Waals surface area contributed by atoms with Gasteiger partial charge in [-0.25, -0.2) is 4.79 Å². The molecule has 0 radical (unpaired) electrons. The average Bonchev–Trinajstić information content (AvgIpc) is 3.57. The smallest absolute Gasteiger partial charge is 0.488 e. The summed E-state index contributed by atoms with van der Waals surface area (Å²) in [7, 11) is 5.36. The van der Waals surface area contributed by atoms with Crippen molar-refractivity contribution >= 4 is 12.1 Å². The molecule has 5 aliphatic heterocycles. The summed E-state index contributed by atoms with van der Waals surface area (Å²) in [5, 5.41) is 22.6. The standard InChI is InChI=1S/C38H63NO13/c1-14-25-38(10)32(50-35(43)52-38)20(4)28-18(2)16-37(9,51-28)31(49-34-27(40)24(39(11)12)15-19(3)45-34)21(5)29(22(6)33(42)47-25)48-26-17-36(8,44-13)30(41)23(7)46-26/h19-27,29-32,34,40-41H,14-17H2,1-13H3/t19-,20+,21+,22-,23+,24+,25-,26+,27-,29+,30+,31-,32+,34+,36-,37-,38+/m1/s1. The Bertz CT molecular complexity index is 1340. The number of hydrogen-bond donors (Lipinski definition) is 2. The van der Waals surface area contributed by atoms with Crippen LogP contribution in [0.5, 0.6) is 0 Å². The van der Waals surface area contributed by atoms with Gasteiger partial charge in [-0.15, -0.1) is 0 Å². The van der Waals surface area contributed by atoms with Crippen LogP contribution in [0, 0.1) is 17.8 Å². The predicted molar refractivity (Wildman–Crippen MR) is 187 cm³/mol. The number of cyclic esters (lactones) is 1. The lowest BCUT2D eigenvalue weighted by atomic mass is 9.78. The van der Waals surface area contributed by atoms with E-state index < -0.39 is 102 Å². The van der Waals surface area contributed by atoms with Gasteiger partial charge in [0.05, 0.1) is 35.7 Å². The molecule has 14 heteroatoms. The van der Waals surface area contributed by atoms with Crippen molar-refractivity contribution in [1.82, 2.24) is 4.90 Å². The summed E-state index contributed by atoms with van der Waals surface area (Å²) in [4.78, 5) is 29.1. The highest BCUT2D eigenvalue weighted by Crippen LogP contribution is 2.49. The molecule has 5 aliphatic rings. The molecule has 2 bridgehead atoms. The fraction of sp³-hybridized carbons (Fsp3) is 0.895. The molecule has 17 atom stereocenters. The molecule has 0 saturated carbocycles. The number of ether oxygens (including phenoxy) is 9. The maximum absolute atomic E-state index is 14.3. The van der Waals surface area contributed by atoms with Crippen LogP contribution in [-0.4, -0.2) is 133 Å². The van der Waals surface area contributed by atoms with Crippen LogP contribution in [0.1, 0.15) is 94.9 Å². The Balaban J connectivity index is 1.62. The summed E-state index contributed by atoms with van der Waals surface area (Å²) < 4.78 is 56.9.